The zero-order valence-electron chi connectivity index (χ0n) is 17.9. The molecule has 6 heteroatoms. The van der Waals surface area contributed by atoms with Crippen LogP contribution in [0.4, 0.5) is 0 Å². The van der Waals surface area contributed by atoms with E-state index in [4.69, 9.17) is 17.2 Å². The lowest BCUT2D eigenvalue weighted by Crippen LogP contribution is -2.37. The summed E-state index contributed by atoms with van der Waals surface area (Å²) in [4.78, 5) is 7.18. The lowest BCUT2D eigenvalue weighted by molar-refractivity contribution is 0.245. The molecule has 0 amide bonds. The average molecular weight is 495 g/mol. The first-order chi connectivity index (χ1) is 15.0. The van der Waals surface area contributed by atoms with Gasteiger partial charge in [-0.05, 0) is 86.9 Å². The Balaban J connectivity index is 1.63. The molecule has 1 saturated heterocycles. The van der Waals surface area contributed by atoms with Crippen LogP contribution in [-0.2, 0) is 0 Å². The van der Waals surface area contributed by atoms with Crippen molar-refractivity contribution in [2.75, 3.05) is 0 Å². The minimum absolute atomic E-state index is 0.0492. The maximum absolute atomic E-state index is 5.90. The standard InChI is InChI=1S/C25H27BrN4S/c1-16-15-21(17(2)29(16)20-12-10-18(26)11-13-20)24-23(22-9-5-6-14-27-22)28-25(31)30(24)19-7-3-4-8-19/h5-6,9-15,19,23-24H,3-4,7-8H2,1-2H3,(H,28,31)/t23-,24+/m0/s1. The third-order valence-electron chi connectivity index (χ3n) is 6.73. The van der Waals surface area contributed by atoms with Gasteiger partial charge in [-0.3, -0.25) is 4.98 Å². The fourth-order valence-corrected chi connectivity index (χ4v) is 6.00. The van der Waals surface area contributed by atoms with Gasteiger partial charge >= 0.3 is 0 Å². The molecule has 0 radical (unpaired) electrons. The summed E-state index contributed by atoms with van der Waals surface area (Å²) in [5, 5.41) is 4.49. The molecule has 1 saturated carbocycles. The molecule has 1 aromatic carbocycles. The van der Waals surface area contributed by atoms with Crippen molar-refractivity contribution < 1.29 is 0 Å². The van der Waals surface area contributed by atoms with Gasteiger partial charge in [-0.2, -0.15) is 0 Å². The first-order valence-electron chi connectivity index (χ1n) is 11.0. The second-order valence-corrected chi connectivity index (χ2v) is 9.91. The van der Waals surface area contributed by atoms with Crippen molar-refractivity contribution in [3.63, 3.8) is 0 Å². The molecule has 5 rings (SSSR count). The quantitative estimate of drug-likeness (QED) is 0.439. The second kappa shape index (κ2) is 8.40. The van der Waals surface area contributed by atoms with Gasteiger partial charge in [-0.15, -0.1) is 0 Å². The van der Waals surface area contributed by atoms with Gasteiger partial charge in [0.1, 0.15) is 0 Å². The van der Waals surface area contributed by atoms with Crippen LogP contribution in [0.3, 0.4) is 0 Å². The van der Waals surface area contributed by atoms with Gasteiger partial charge in [-0.25, -0.2) is 0 Å². The Morgan fingerprint density at radius 1 is 1.06 bits per heavy atom. The average Bonchev–Trinajstić information content (AvgIpc) is 3.48. The minimum atomic E-state index is 0.0492. The molecule has 3 heterocycles. The first kappa shape index (κ1) is 20.7. The minimum Gasteiger partial charge on any atom is -0.352 e. The predicted octanol–water partition coefficient (Wildman–Crippen LogP) is 6.17. The Morgan fingerprint density at radius 2 is 1.81 bits per heavy atom. The van der Waals surface area contributed by atoms with Crippen LogP contribution in [0.1, 0.15) is 60.4 Å². The summed E-state index contributed by atoms with van der Waals surface area (Å²) in [6.45, 7) is 4.42. The fraction of sp³-hybridized carbons (Fsp3) is 0.360. The number of aromatic nitrogens is 2. The lowest BCUT2D eigenvalue weighted by atomic mass is 9.95. The van der Waals surface area contributed by atoms with Crippen LogP contribution in [0.5, 0.6) is 0 Å². The molecule has 0 unspecified atom stereocenters. The summed E-state index contributed by atoms with van der Waals surface area (Å²) in [6, 6.07) is 17.7. The lowest BCUT2D eigenvalue weighted by Gasteiger charge is -2.33. The zero-order valence-corrected chi connectivity index (χ0v) is 20.3. The molecule has 4 nitrogen and oxygen atoms in total. The molecular formula is C25H27BrN4S. The topological polar surface area (TPSA) is 33.1 Å². The monoisotopic (exact) mass is 494 g/mol. The number of nitrogens with one attached hydrogen (secondary N) is 1. The molecule has 2 fully saturated rings. The highest BCUT2D eigenvalue weighted by atomic mass is 79.9. The largest absolute Gasteiger partial charge is 0.352 e. The number of hydrogen-bond donors (Lipinski definition) is 1. The summed E-state index contributed by atoms with van der Waals surface area (Å²) in [5.74, 6) is 0. The molecule has 3 aromatic rings. The van der Waals surface area contributed by atoms with Gasteiger partial charge in [-0.1, -0.05) is 34.8 Å². The molecule has 0 spiro atoms. The van der Waals surface area contributed by atoms with E-state index >= 15 is 0 Å². The van der Waals surface area contributed by atoms with E-state index in [1.54, 1.807) is 0 Å². The van der Waals surface area contributed by atoms with Gasteiger partial charge < -0.3 is 14.8 Å². The summed E-state index contributed by atoms with van der Waals surface area (Å²) in [6.07, 6.45) is 6.85. The maximum Gasteiger partial charge on any atom is 0.170 e. The summed E-state index contributed by atoms with van der Waals surface area (Å²) in [5.41, 5.74) is 6.05. The van der Waals surface area contributed by atoms with Crippen molar-refractivity contribution in [1.82, 2.24) is 19.8 Å². The first-order valence-corrected chi connectivity index (χ1v) is 12.2. The third kappa shape index (κ3) is 3.70. The number of nitrogens with zero attached hydrogens (tertiary/aromatic N) is 3. The molecule has 1 aliphatic carbocycles. The smallest absolute Gasteiger partial charge is 0.170 e. The van der Waals surface area contributed by atoms with E-state index in [-0.39, 0.29) is 12.1 Å². The highest BCUT2D eigenvalue weighted by Crippen LogP contribution is 2.44. The number of benzene rings is 1. The van der Waals surface area contributed by atoms with Gasteiger partial charge in [0.25, 0.3) is 0 Å². The van der Waals surface area contributed by atoms with Crippen LogP contribution < -0.4 is 5.32 Å². The van der Waals surface area contributed by atoms with Crippen molar-refractivity contribution in [2.24, 2.45) is 0 Å². The highest BCUT2D eigenvalue weighted by molar-refractivity contribution is 9.10. The summed E-state index contributed by atoms with van der Waals surface area (Å²) < 4.78 is 3.44. The Hall–Kier alpha value is -2.18. The van der Waals surface area contributed by atoms with Crippen molar-refractivity contribution in [3.8, 4) is 5.69 Å². The van der Waals surface area contributed by atoms with Gasteiger partial charge in [0.15, 0.2) is 5.11 Å². The van der Waals surface area contributed by atoms with Crippen molar-refractivity contribution >= 4 is 33.3 Å². The predicted molar refractivity (Wildman–Crippen MR) is 132 cm³/mol. The van der Waals surface area contributed by atoms with Crippen molar-refractivity contribution in [1.29, 1.82) is 0 Å². The van der Waals surface area contributed by atoms with Crippen molar-refractivity contribution in [3.05, 3.63) is 81.8 Å². The second-order valence-electron chi connectivity index (χ2n) is 8.61. The van der Waals surface area contributed by atoms with E-state index in [1.165, 1.54) is 48.3 Å². The van der Waals surface area contributed by atoms with Crippen LogP contribution >= 0.6 is 28.1 Å². The zero-order chi connectivity index (χ0) is 21.5. The number of halogens is 1. The number of pyridine rings is 1. The van der Waals surface area contributed by atoms with Crippen molar-refractivity contribution in [2.45, 2.75) is 57.7 Å². The highest BCUT2D eigenvalue weighted by Gasteiger charge is 2.44. The van der Waals surface area contributed by atoms with E-state index in [9.17, 15) is 0 Å². The van der Waals surface area contributed by atoms with Gasteiger partial charge in [0.05, 0.1) is 17.8 Å². The molecule has 2 atom stereocenters. The third-order valence-corrected chi connectivity index (χ3v) is 7.58. The molecule has 160 valence electrons. The number of aryl methyl sites for hydroxylation is 1. The van der Waals surface area contributed by atoms with Crippen LogP contribution in [-0.4, -0.2) is 25.6 Å². The van der Waals surface area contributed by atoms with E-state index in [0.29, 0.717) is 6.04 Å². The Kier molecular flexibility index (Phi) is 5.61. The fourth-order valence-electron chi connectivity index (χ4n) is 5.35. The van der Waals surface area contributed by atoms with Crippen LogP contribution in [0.2, 0.25) is 0 Å². The normalized spacial score (nSPS) is 21.6. The summed E-state index contributed by atoms with van der Waals surface area (Å²) >= 11 is 9.45. The van der Waals surface area contributed by atoms with E-state index in [1.807, 2.05) is 12.3 Å². The SMILES string of the molecule is Cc1cc([C@@H]2[C@H](c3ccccn3)NC(=S)N2C2CCCC2)c(C)n1-c1ccc(Br)cc1. The van der Waals surface area contributed by atoms with Crippen LogP contribution in [0, 0.1) is 13.8 Å². The Morgan fingerprint density at radius 3 is 2.48 bits per heavy atom. The molecule has 2 aromatic heterocycles. The van der Waals surface area contributed by atoms with Gasteiger partial charge in [0.2, 0.25) is 0 Å². The molecule has 31 heavy (non-hydrogen) atoms. The molecule has 2 aliphatic rings. The summed E-state index contributed by atoms with van der Waals surface area (Å²) in [7, 11) is 0. The van der Waals surface area contributed by atoms with Crippen LogP contribution in [0.25, 0.3) is 5.69 Å². The number of thiocarbonyl (C=S) groups is 1. The van der Waals surface area contributed by atoms with E-state index in [0.717, 1.165) is 15.3 Å². The number of hydrogen-bond acceptors (Lipinski definition) is 2. The molecular weight excluding hydrogens is 468 g/mol. The molecule has 1 N–H and O–H groups in total. The molecule has 1 aliphatic heterocycles. The van der Waals surface area contributed by atoms with Gasteiger partial charge in [0, 0.05) is 33.8 Å². The van der Waals surface area contributed by atoms with Crippen LogP contribution in [0.15, 0.2) is 59.2 Å². The maximum atomic E-state index is 5.90. The number of rotatable bonds is 4. The van der Waals surface area contributed by atoms with E-state index in [2.05, 4.69) is 87.0 Å². The molecule has 0 bridgehead atoms. The Bertz CT molecular complexity index is 1090. The van der Waals surface area contributed by atoms with E-state index < -0.39 is 0 Å². The Labute approximate surface area is 197 Å².